The van der Waals surface area contributed by atoms with Crippen LogP contribution in [0, 0.1) is 0 Å². The van der Waals surface area contributed by atoms with Gasteiger partial charge >= 0.3 is 0 Å². The maximum absolute atomic E-state index is 6.00. The van der Waals surface area contributed by atoms with E-state index in [2.05, 4.69) is 59.6 Å². The van der Waals surface area contributed by atoms with Gasteiger partial charge in [-0.1, -0.05) is 56.1 Å². The summed E-state index contributed by atoms with van der Waals surface area (Å²) in [6.45, 7) is 9.61. The largest absolute Gasteiger partial charge is 0.493 e. The molecule has 1 saturated heterocycles. The molecule has 1 atom stereocenters. The number of fused-ring (bicyclic) bond motifs is 1. The quantitative estimate of drug-likeness (QED) is 0.619. The van der Waals surface area contributed by atoms with Gasteiger partial charge in [0.15, 0.2) is 11.5 Å². The van der Waals surface area contributed by atoms with Gasteiger partial charge in [0, 0.05) is 31.7 Å². The summed E-state index contributed by atoms with van der Waals surface area (Å²) < 4.78 is 19.9. The highest BCUT2D eigenvalue weighted by atomic mass is 32.2. The zero-order valence-electron chi connectivity index (χ0n) is 18.4. The van der Waals surface area contributed by atoms with E-state index in [4.69, 9.17) is 14.2 Å². The van der Waals surface area contributed by atoms with Crippen molar-refractivity contribution < 1.29 is 14.2 Å². The summed E-state index contributed by atoms with van der Waals surface area (Å²) in [6.07, 6.45) is 2.19. The van der Waals surface area contributed by atoms with Gasteiger partial charge in [0.1, 0.15) is 13.2 Å². The number of rotatable bonds is 6. The molecule has 0 amide bonds. The number of benzene rings is 2. The van der Waals surface area contributed by atoms with Crippen LogP contribution in [-0.2, 0) is 6.54 Å². The first-order chi connectivity index (χ1) is 14.6. The molecule has 162 valence electrons. The molecule has 4 rings (SSSR count). The lowest BCUT2D eigenvalue weighted by Crippen LogP contribution is -2.45. The standard InChI is InChI=1S/C24H32N2O3S/c1-17(2)19-7-5-6-8-20(19)21-16-25(11-12-26(21)30-4)15-18-9-10-22(27-3)24-23(18)28-13-14-29-24/h5-10,17,21H,11-16H2,1-4H3. The Labute approximate surface area is 184 Å². The molecule has 30 heavy (non-hydrogen) atoms. The average Bonchev–Trinajstić information content (AvgIpc) is 2.79. The topological polar surface area (TPSA) is 34.2 Å². The predicted octanol–water partition coefficient (Wildman–Crippen LogP) is 4.73. The van der Waals surface area contributed by atoms with Gasteiger partial charge in [-0.3, -0.25) is 4.90 Å². The normalized spacial score (nSPS) is 19.8. The Kier molecular flexibility index (Phi) is 6.76. The lowest BCUT2D eigenvalue weighted by atomic mass is 9.91. The second-order valence-corrected chi connectivity index (χ2v) is 8.97. The minimum atomic E-state index is 0.374. The third kappa shape index (κ3) is 4.27. The SMILES string of the molecule is COc1ccc(CN2CCN(SC)C(c3ccccc3C(C)C)C2)c2c1OCCO2. The third-order valence-corrected chi connectivity index (χ3v) is 6.88. The molecule has 1 unspecified atom stereocenters. The molecule has 0 bridgehead atoms. The first-order valence-electron chi connectivity index (χ1n) is 10.7. The van der Waals surface area contributed by atoms with Crippen molar-refractivity contribution in [2.24, 2.45) is 0 Å². The second-order valence-electron chi connectivity index (χ2n) is 8.14. The van der Waals surface area contributed by atoms with Crippen LogP contribution >= 0.6 is 11.9 Å². The van der Waals surface area contributed by atoms with E-state index in [0.717, 1.165) is 43.4 Å². The molecule has 2 aliphatic rings. The summed E-state index contributed by atoms with van der Waals surface area (Å²) >= 11 is 1.85. The van der Waals surface area contributed by atoms with Crippen molar-refractivity contribution in [1.82, 2.24) is 9.21 Å². The van der Waals surface area contributed by atoms with Crippen LogP contribution in [0.15, 0.2) is 36.4 Å². The van der Waals surface area contributed by atoms with E-state index in [9.17, 15) is 0 Å². The van der Waals surface area contributed by atoms with E-state index in [1.54, 1.807) is 7.11 Å². The van der Waals surface area contributed by atoms with Crippen LogP contribution in [0.3, 0.4) is 0 Å². The summed E-state index contributed by atoms with van der Waals surface area (Å²) in [5.74, 6) is 2.83. The van der Waals surface area contributed by atoms with Crippen LogP contribution in [0.25, 0.3) is 0 Å². The van der Waals surface area contributed by atoms with Gasteiger partial charge < -0.3 is 14.2 Å². The molecular weight excluding hydrogens is 396 g/mol. The molecule has 2 heterocycles. The zero-order chi connectivity index (χ0) is 21.1. The molecule has 2 aromatic carbocycles. The van der Waals surface area contributed by atoms with Gasteiger partial charge in [-0.15, -0.1) is 0 Å². The smallest absolute Gasteiger partial charge is 0.204 e. The molecule has 6 heteroatoms. The van der Waals surface area contributed by atoms with Crippen molar-refractivity contribution >= 4 is 11.9 Å². The van der Waals surface area contributed by atoms with Gasteiger partial charge in [-0.25, -0.2) is 4.31 Å². The van der Waals surface area contributed by atoms with Crippen LogP contribution in [0.4, 0.5) is 0 Å². The minimum absolute atomic E-state index is 0.374. The van der Waals surface area contributed by atoms with Crippen LogP contribution in [-0.4, -0.2) is 55.4 Å². The number of hydrogen-bond acceptors (Lipinski definition) is 6. The monoisotopic (exact) mass is 428 g/mol. The third-order valence-electron chi connectivity index (χ3n) is 5.97. The lowest BCUT2D eigenvalue weighted by Gasteiger charge is -2.41. The van der Waals surface area contributed by atoms with Crippen molar-refractivity contribution in [2.75, 3.05) is 46.2 Å². The summed E-state index contributed by atoms with van der Waals surface area (Å²) in [4.78, 5) is 2.54. The van der Waals surface area contributed by atoms with Crippen molar-refractivity contribution in [2.45, 2.75) is 32.4 Å². The highest BCUT2D eigenvalue weighted by Crippen LogP contribution is 2.43. The van der Waals surface area contributed by atoms with E-state index in [-0.39, 0.29) is 0 Å². The highest BCUT2D eigenvalue weighted by molar-refractivity contribution is 7.96. The Hall–Kier alpha value is -1.89. The first kappa shape index (κ1) is 21.3. The maximum atomic E-state index is 6.00. The summed E-state index contributed by atoms with van der Waals surface area (Å²) in [7, 11) is 1.67. The minimum Gasteiger partial charge on any atom is -0.493 e. The number of nitrogens with zero attached hydrogens (tertiary/aromatic N) is 2. The number of piperazine rings is 1. The van der Waals surface area contributed by atoms with Crippen LogP contribution in [0.1, 0.15) is 42.5 Å². The molecule has 5 nitrogen and oxygen atoms in total. The Morgan fingerprint density at radius 3 is 2.57 bits per heavy atom. The zero-order valence-corrected chi connectivity index (χ0v) is 19.2. The Balaban J connectivity index is 1.59. The summed E-state index contributed by atoms with van der Waals surface area (Å²) in [5.41, 5.74) is 4.06. The van der Waals surface area contributed by atoms with Gasteiger partial charge in [0.2, 0.25) is 5.75 Å². The van der Waals surface area contributed by atoms with Crippen LogP contribution in [0.2, 0.25) is 0 Å². The van der Waals surface area contributed by atoms with Crippen molar-refractivity contribution in [3.63, 3.8) is 0 Å². The van der Waals surface area contributed by atoms with Gasteiger partial charge in [0.05, 0.1) is 13.2 Å². The van der Waals surface area contributed by atoms with Gasteiger partial charge in [-0.2, -0.15) is 0 Å². The Bertz CT molecular complexity index is 874. The fourth-order valence-corrected chi connectivity index (χ4v) is 5.17. The summed E-state index contributed by atoms with van der Waals surface area (Å²) in [5, 5.41) is 0. The van der Waals surface area contributed by atoms with E-state index >= 15 is 0 Å². The van der Waals surface area contributed by atoms with E-state index in [1.165, 1.54) is 16.7 Å². The predicted molar refractivity (Wildman–Crippen MR) is 123 cm³/mol. The van der Waals surface area contributed by atoms with E-state index < -0.39 is 0 Å². The fraction of sp³-hybridized carbons (Fsp3) is 0.500. The molecule has 0 N–H and O–H groups in total. The first-order valence-corrected chi connectivity index (χ1v) is 11.9. The summed E-state index contributed by atoms with van der Waals surface area (Å²) in [6, 6.07) is 13.4. The number of ether oxygens (including phenoxy) is 3. The van der Waals surface area contributed by atoms with E-state index in [0.29, 0.717) is 25.2 Å². The van der Waals surface area contributed by atoms with Gasteiger partial charge in [0.25, 0.3) is 0 Å². The molecule has 2 aliphatic heterocycles. The average molecular weight is 429 g/mol. The molecule has 1 fully saturated rings. The van der Waals surface area contributed by atoms with Crippen LogP contribution in [0.5, 0.6) is 17.2 Å². The van der Waals surface area contributed by atoms with E-state index in [1.807, 2.05) is 18.0 Å². The molecule has 0 aromatic heterocycles. The Morgan fingerprint density at radius 2 is 1.83 bits per heavy atom. The number of hydrogen-bond donors (Lipinski definition) is 0. The maximum Gasteiger partial charge on any atom is 0.204 e. The highest BCUT2D eigenvalue weighted by Gasteiger charge is 2.31. The lowest BCUT2D eigenvalue weighted by molar-refractivity contribution is 0.130. The molecule has 0 radical (unpaired) electrons. The Morgan fingerprint density at radius 1 is 1.07 bits per heavy atom. The number of methoxy groups -OCH3 is 1. The van der Waals surface area contributed by atoms with Gasteiger partial charge in [-0.05, 0) is 29.4 Å². The molecule has 0 saturated carbocycles. The molecule has 2 aromatic rings. The molecular formula is C24H32N2O3S. The second kappa shape index (κ2) is 9.50. The van der Waals surface area contributed by atoms with Crippen molar-refractivity contribution in [3.05, 3.63) is 53.1 Å². The van der Waals surface area contributed by atoms with Crippen molar-refractivity contribution in [3.8, 4) is 17.2 Å². The van der Waals surface area contributed by atoms with Crippen LogP contribution < -0.4 is 14.2 Å². The molecule has 0 aliphatic carbocycles. The molecule has 0 spiro atoms. The van der Waals surface area contributed by atoms with Crippen molar-refractivity contribution in [1.29, 1.82) is 0 Å². The fourth-order valence-electron chi connectivity index (χ4n) is 4.47.